The summed E-state index contributed by atoms with van der Waals surface area (Å²) in [6.07, 6.45) is 1.90. The van der Waals surface area contributed by atoms with E-state index < -0.39 is 0 Å². The number of rotatable bonds is 4. The number of aromatic nitrogens is 5. The fourth-order valence-electron chi connectivity index (χ4n) is 1.65. The molecule has 2 rings (SSSR count). The van der Waals surface area contributed by atoms with E-state index >= 15 is 0 Å². The van der Waals surface area contributed by atoms with Gasteiger partial charge in [0.2, 0.25) is 0 Å². The van der Waals surface area contributed by atoms with Crippen molar-refractivity contribution in [3.8, 4) is 0 Å². The molecule has 0 radical (unpaired) electrons. The second-order valence-electron chi connectivity index (χ2n) is 3.70. The van der Waals surface area contributed by atoms with Gasteiger partial charge in [0.1, 0.15) is 0 Å². The average molecular weight is 319 g/mol. The molecule has 0 saturated heterocycles. The molecule has 0 atom stereocenters. The summed E-state index contributed by atoms with van der Waals surface area (Å²) in [6, 6.07) is 0. The molecule has 0 bridgehead atoms. The molecule has 5 nitrogen and oxygen atoms in total. The normalized spacial score (nSPS) is 11.1. The number of hydrogen-bond acceptors (Lipinski definition) is 3. The smallest absolute Gasteiger partial charge is 0.0932 e. The Bertz CT molecular complexity index is 519. The summed E-state index contributed by atoms with van der Waals surface area (Å²) in [5.74, 6) is 0. The van der Waals surface area contributed by atoms with Gasteiger partial charge < -0.3 is 0 Å². The van der Waals surface area contributed by atoms with Crippen molar-refractivity contribution in [2.24, 2.45) is 0 Å². The van der Waals surface area contributed by atoms with Crippen LogP contribution in [0.4, 0.5) is 0 Å². The van der Waals surface area contributed by atoms with Crippen LogP contribution in [0, 0.1) is 6.92 Å². The number of nitrogens with zero attached hydrogens (tertiary/aromatic N) is 5. The van der Waals surface area contributed by atoms with E-state index in [1.807, 2.05) is 24.7 Å². The summed E-state index contributed by atoms with van der Waals surface area (Å²) >= 11 is 9.57. The summed E-state index contributed by atoms with van der Waals surface area (Å²) in [5.41, 5.74) is 2.72. The fraction of sp³-hybridized carbons (Fsp3) is 0.500. The van der Waals surface area contributed by atoms with Gasteiger partial charge in [-0.2, -0.15) is 5.10 Å². The summed E-state index contributed by atoms with van der Waals surface area (Å²) in [4.78, 5) is 0. The molecule has 2 aromatic rings. The lowest BCUT2D eigenvalue weighted by Crippen LogP contribution is -2.08. The summed E-state index contributed by atoms with van der Waals surface area (Å²) in [7, 11) is 0. The SMILES string of the molecule is CCn1nc(C)c(Cl)c1Cn1cc(CBr)nn1. The van der Waals surface area contributed by atoms with Gasteiger partial charge in [-0.15, -0.1) is 5.10 Å². The van der Waals surface area contributed by atoms with Gasteiger partial charge in [0.15, 0.2) is 0 Å². The molecule has 2 aromatic heterocycles. The van der Waals surface area contributed by atoms with Crippen LogP contribution in [0.15, 0.2) is 6.20 Å². The molecule has 92 valence electrons. The van der Waals surface area contributed by atoms with Gasteiger partial charge >= 0.3 is 0 Å². The van der Waals surface area contributed by atoms with Crippen LogP contribution in [-0.2, 0) is 18.4 Å². The van der Waals surface area contributed by atoms with Crippen LogP contribution in [0.25, 0.3) is 0 Å². The predicted molar refractivity (Wildman–Crippen MR) is 69.4 cm³/mol. The molecule has 0 aliphatic rings. The molecule has 0 spiro atoms. The molecular formula is C10H13BrClN5. The standard InChI is InChI=1S/C10H13BrClN5/c1-3-17-9(10(12)7(2)14-17)6-16-5-8(4-11)13-15-16/h5H,3-4,6H2,1-2H3. The van der Waals surface area contributed by atoms with Crippen LogP contribution < -0.4 is 0 Å². The zero-order valence-corrected chi connectivity index (χ0v) is 12.0. The largest absolute Gasteiger partial charge is 0.266 e. The lowest BCUT2D eigenvalue weighted by Gasteiger charge is -2.04. The summed E-state index contributed by atoms with van der Waals surface area (Å²) in [6.45, 7) is 5.33. The van der Waals surface area contributed by atoms with Gasteiger partial charge in [-0.05, 0) is 13.8 Å². The third-order valence-corrected chi connectivity index (χ3v) is 3.55. The Balaban J connectivity index is 2.28. The van der Waals surface area contributed by atoms with Crippen LogP contribution in [0.2, 0.25) is 5.02 Å². The van der Waals surface area contributed by atoms with Crippen LogP contribution in [0.1, 0.15) is 24.0 Å². The third kappa shape index (κ3) is 2.52. The maximum absolute atomic E-state index is 6.23. The van der Waals surface area contributed by atoms with Crippen molar-refractivity contribution in [1.29, 1.82) is 0 Å². The molecule has 0 N–H and O–H groups in total. The number of aryl methyl sites for hydroxylation is 2. The van der Waals surface area contributed by atoms with Crippen molar-refractivity contribution in [3.05, 3.63) is 28.3 Å². The van der Waals surface area contributed by atoms with Crippen molar-refractivity contribution >= 4 is 27.5 Å². The zero-order chi connectivity index (χ0) is 12.4. The van der Waals surface area contributed by atoms with E-state index in [9.17, 15) is 0 Å². The molecule has 2 heterocycles. The monoisotopic (exact) mass is 317 g/mol. The third-order valence-electron chi connectivity index (χ3n) is 2.49. The first kappa shape index (κ1) is 12.6. The van der Waals surface area contributed by atoms with Crippen LogP contribution in [0.5, 0.6) is 0 Å². The van der Waals surface area contributed by atoms with E-state index in [4.69, 9.17) is 11.6 Å². The van der Waals surface area contributed by atoms with Gasteiger partial charge in [0, 0.05) is 18.1 Å². The number of hydrogen-bond donors (Lipinski definition) is 0. The van der Waals surface area contributed by atoms with Crippen LogP contribution in [-0.4, -0.2) is 24.8 Å². The Morgan fingerprint density at radius 3 is 2.82 bits per heavy atom. The average Bonchev–Trinajstić information content (AvgIpc) is 2.89. The molecule has 0 unspecified atom stereocenters. The Morgan fingerprint density at radius 2 is 2.24 bits per heavy atom. The molecular weight excluding hydrogens is 306 g/mol. The van der Waals surface area contributed by atoms with Crippen molar-refractivity contribution in [2.45, 2.75) is 32.3 Å². The highest BCUT2D eigenvalue weighted by Crippen LogP contribution is 2.21. The Hall–Kier alpha value is -0.880. The van der Waals surface area contributed by atoms with E-state index in [1.165, 1.54) is 0 Å². The Kier molecular flexibility index (Phi) is 3.83. The highest BCUT2D eigenvalue weighted by atomic mass is 79.9. The zero-order valence-electron chi connectivity index (χ0n) is 9.69. The quantitative estimate of drug-likeness (QED) is 0.813. The summed E-state index contributed by atoms with van der Waals surface area (Å²) in [5, 5.41) is 13.8. The first-order valence-electron chi connectivity index (χ1n) is 5.32. The second-order valence-corrected chi connectivity index (χ2v) is 4.64. The van der Waals surface area contributed by atoms with E-state index in [-0.39, 0.29) is 0 Å². The molecule has 0 aliphatic heterocycles. The van der Waals surface area contributed by atoms with E-state index in [2.05, 4.69) is 31.3 Å². The first-order valence-corrected chi connectivity index (χ1v) is 6.82. The highest BCUT2D eigenvalue weighted by Gasteiger charge is 2.13. The topological polar surface area (TPSA) is 48.5 Å². The molecule has 17 heavy (non-hydrogen) atoms. The first-order chi connectivity index (χ1) is 8.15. The Morgan fingerprint density at radius 1 is 1.47 bits per heavy atom. The maximum atomic E-state index is 6.23. The molecule has 0 aromatic carbocycles. The van der Waals surface area contributed by atoms with Crippen molar-refractivity contribution in [3.63, 3.8) is 0 Å². The minimum Gasteiger partial charge on any atom is -0.266 e. The minimum atomic E-state index is 0.591. The van der Waals surface area contributed by atoms with Gasteiger partial charge in [-0.3, -0.25) is 4.68 Å². The maximum Gasteiger partial charge on any atom is 0.0932 e. The van der Waals surface area contributed by atoms with E-state index in [0.29, 0.717) is 16.9 Å². The van der Waals surface area contributed by atoms with Gasteiger partial charge in [-0.25, -0.2) is 4.68 Å². The van der Waals surface area contributed by atoms with Crippen molar-refractivity contribution < 1.29 is 0 Å². The Labute approximate surface area is 113 Å². The lowest BCUT2D eigenvalue weighted by atomic mass is 10.3. The highest BCUT2D eigenvalue weighted by molar-refractivity contribution is 9.08. The van der Waals surface area contributed by atoms with E-state index in [1.54, 1.807) is 4.68 Å². The van der Waals surface area contributed by atoms with Crippen molar-refractivity contribution in [2.75, 3.05) is 0 Å². The van der Waals surface area contributed by atoms with Gasteiger partial charge in [0.25, 0.3) is 0 Å². The molecule has 0 amide bonds. The lowest BCUT2D eigenvalue weighted by molar-refractivity contribution is 0.565. The minimum absolute atomic E-state index is 0.591. The predicted octanol–water partition coefficient (Wildman–Crippen LogP) is 2.40. The van der Waals surface area contributed by atoms with E-state index in [0.717, 1.165) is 23.6 Å². The van der Waals surface area contributed by atoms with Crippen LogP contribution in [0.3, 0.4) is 0 Å². The summed E-state index contributed by atoms with van der Waals surface area (Å²) < 4.78 is 3.66. The van der Waals surface area contributed by atoms with Crippen LogP contribution >= 0.6 is 27.5 Å². The van der Waals surface area contributed by atoms with Gasteiger partial charge in [0.05, 0.1) is 28.6 Å². The second kappa shape index (κ2) is 5.18. The number of alkyl halides is 1. The molecule has 0 fully saturated rings. The van der Waals surface area contributed by atoms with Crippen molar-refractivity contribution in [1.82, 2.24) is 24.8 Å². The fourth-order valence-corrected chi connectivity index (χ4v) is 2.10. The molecule has 0 aliphatic carbocycles. The molecule has 7 heteroatoms. The van der Waals surface area contributed by atoms with Gasteiger partial charge in [-0.1, -0.05) is 32.7 Å². The number of halogens is 2. The molecule has 0 saturated carbocycles.